The van der Waals surface area contributed by atoms with Crippen LogP contribution in [0.2, 0.25) is 0 Å². The van der Waals surface area contributed by atoms with Crippen LogP contribution < -0.4 is 9.62 Å². The molecule has 0 aromatic heterocycles. The summed E-state index contributed by atoms with van der Waals surface area (Å²) in [7, 11) is -4.12. The van der Waals surface area contributed by atoms with Crippen LogP contribution in [0.3, 0.4) is 0 Å². The number of rotatable bonds is 14. The molecule has 0 aliphatic heterocycles. The quantitative estimate of drug-likeness (QED) is 0.176. The number of para-hydroxylation sites is 1. The van der Waals surface area contributed by atoms with Crippen LogP contribution in [0.25, 0.3) is 0 Å². The van der Waals surface area contributed by atoms with Crippen molar-refractivity contribution < 1.29 is 18.0 Å². The molecule has 4 rings (SSSR count). The van der Waals surface area contributed by atoms with E-state index in [4.69, 9.17) is 0 Å². The van der Waals surface area contributed by atoms with Gasteiger partial charge in [0, 0.05) is 19.5 Å². The molecule has 0 saturated heterocycles. The Balaban J connectivity index is 1.80. The van der Waals surface area contributed by atoms with Crippen LogP contribution in [-0.4, -0.2) is 44.3 Å². The maximum absolute atomic E-state index is 14.5. The lowest BCUT2D eigenvalue weighted by Crippen LogP contribution is -2.53. The highest BCUT2D eigenvalue weighted by Gasteiger charge is 2.35. The summed E-state index contributed by atoms with van der Waals surface area (Å²) in [6.07, 6.45) is 2.01. The van der Waals surface area contributed by atoms with Gasteiger partial charge in [0.05, 0.1) is 10.6 Å². The summed E-state index contributed by atoms with van der Waals surface area (Å²) >= 11 is 0. The highest BCUT2D eigenvalue weighted by atomic mass is 32.2. The molecule has 7 nitrogen and oxygen atoms in total. The van der Waals surface area contributed by atoms with Crippen molar-refractivity contribution in [2.45, 2.75) is 57.5 Å². The average Bonchev–Trinajstić information content (AvgIpc) is 3.03. The number of carbonyl (C=O) groups excluding carboxylic acids is 2. The van der Waals surface area contributed by atoms with Crippen LogP contribution in [0.5, 0.6) is 0 Å². The minimum atomic E-state index is -4.12. The maximum Gasteiger partial charge on any atom is 0.264 e. The van der Waals surface area contributed by atoms with Crippen molar-refractivity contribution in [3.63, 3.8) is 0 Å². The lowest BCUT2D eigenvalue weighted by molar-refractivity contribution is -0.140. The fourth-order valence-electron chi connectivity index (χ4n) is 5.11. The normalized spacial score (nSPS) is 11.9. The van der Waals surface area contributed by atoms with Crippen molar-refractivity contribution in [3.05, 3.63) is 131 Å². The van der Waals surface area contributed by atoms with E-state index in [-0.39, 0.29) is 23.8 Å². The Morgan fingerprint density at radius 1 is 0.773 bits per heavy atom. The van der Waals surface area contributed by atoms with E-state index >= 15 is 0 Å². The first-order chi connectivity index (χ1) is 21.2. The summed E-state index contributed by atoms with van der Waals surface area (Å²) in [5.41, 5.74) is 3.88. The summed E-state index contributed by atoms with van der Waals surface area (Å²) < 4.78 is 29.4. The molecule has 0 aliphatic carbocycles. The number of unbranched alkanes of at least 4 members (excludes halogenated alkanes) is 1. The molecule has 2 amide bonds. The van der Waals surface area contributed by atoms with Crippen LogP contribution in [-0.2, 0) is 32.6 Å². The summed E-state index contributed by atoms with van der Waals surface area (Å²) in [5, 5.41) is 3.03. The van der Waals surface area contributed by atoms with Gasteiger partial charge in [-0.15, -0.1) is 0 Å². The summed E-state index contributed by atoms with van der Waals surface area (Å²) in [5.74, 6) is -0.736. The number of amides is 2. The molecule has 0 bridgehead atoms. The number of aryl methyl sites for hydroxylation is 2. The van der Waals surface area contributed by atoms with Crippen LogP contribution in [0.4, 0.5) is 5.69 Å². The Morgan fingerprint density at radius 2 is 1.36 bits per heavy atom. The molecule has 1 atom stereocenters. The lowest BCUT2D eigenvalue weighted by atomic mass is 10.0. The molecular weight excluding hydrogens is 570 g/mol. The number of nitrogens with zero attached hydrogens (tertiary/aromatic N) is 2. The van der Waals surface area contributed by atoms with E-state index in [1.54, 1.807) is 35.2 Å². The smallest absolute Gasteiger partial charge is 0.264 e. The van der Waals surface area contributed by atoms with E-state index in [0.717, 1.165) is 29.5 Å². The van der Waals surface area contributed by atoms with Gasteiger partial charge in [0.15, 0.2) is 0 Å². The van der Waals surface area contributed by atoms with Gasteiger partial charge >= 0.3 is 0 Å². The van der Waals surface area contributed by atoms with E-state index in [9.17, 15) is 18.0 Å². The van der Waals surface area contributed by atoms with Crippen LogP contribution >= 0.6 is 0 Å². The third-order valence-corrected chi connectivity index (χ3v) is 9.47. The molecule has 0 radical (unpaired) electrons. The van der Waals surface area contributed by atoms with Crippen molar-refractivity contribution in [1.82, 2.24) is 10.2 Å². The van der Waals surface area contributed by atoms with Crippen molar-refractivity contribution >= 4 is 27.5 Å². The summed E-state index contributed by atoms with van der Waals surface area (Å²) in [4.78, 5) is 30.0. The van der Waals surface area contributed by atoms with Gasteiger partial charge in [0.2, 0.25) is 11.8 Å². The molecule has 4 aromatic rings. The summed E-state index contributed by atoms with van der Waals surface area (Å²) in [6.45, 7) is 6.00. The minimum Gasteiger partial charge on any atom is -0.354 e. The van der Waals surface area contributed by atoms with E-state index in [0.29, 0.717) is 17.8 Å². The standard InChI is InChI=1S/C36H41N3O4S/c1-4-5-24-37-36(41)34(25-30-18-8-6-9-19-30)38(26-31-20-14-12-16-28(31)2)35(40)27-39(33-23-15-13-17-29(33)3)44(42,43)32-21-10-7-11-22-32/h6-23,34H,4-5,24-27H2,1-3H3,(H,37,41)/t34-/m0/s1. The minimum absolute atomic E-state index is 0.0830. The Morgan fingerprint density at radius 3 is 2.00 bits per heavy atom. The first kappa shape index (κ1) is 32.5. The molecule has 0 spiro atoms. The first-order valence-corrected chi connectivity index (χ1v) is 16.5. The van der Waals surface area contributed by atoms with E-state index in [1.807, 2.05) is 80.6 Å². The Labute approximate surface area is 261 Å². The largest absolute Gasteiger partial charge is 0.354 e. The Bertz CT molecular complexity index is 1640. The van der Waals surface area contributed by atoms with Gasteiger partial charge in [0.25, 0.3) is 10.0 Å². The number of hydrogen-bond donors (Lipinski definition) is 1. The molecule has 230 valence electrons. The van der Waals surface area contributed by atoms with Gasteiger partial charge < -0.3 is 10.2 Å². The fourth-order valence-corrected chi connectivity index (χ4v) is 6.61. The second-order valence-corrected chi connectivity index (χ2v) is 12.8. The SMILES string of the molecule is CCCCNC(=O)[C@H](Cc1ccccc1)N(Cc1ccccc1C)C(=O)CN(c1ccccc1C)S(=O)(=O)c1ccccc1. The molecule has 1 N–H and O–H groups in total. The second kappa shape index (κ2) is 15.3. The third-order valence-electron chi connectivity index (χ3n) is 7.70. The van der Waals surface area contributed by atoms with Gasteiger partial charge in [0.1, 0.15) is 12.6 Å². The van der Waals surface area contributed by atoms with Gasteiger partial charge in [-0.2, -0.15) is 0 Å². The van der Waals surface area contributed by atoms with Gasteiger partial charge in [-0.1, -0.05) is 104 Å². The van der Waals surface area contributed by atoms with E-state index < -0.39 is 28.5 Å². The van der Waals surface area contributed by atoms with Crippen molar-refractivity contribution in [2.75, 3.05) is 17.4 Å². The maximum atomic E-state index is 14.5. The van der Waals surface area contributed by atoms with Crippen molar-refractivity contribution in [3.8, 4) is 0 Å². The molecule has 4 aromatic carbocycles. The van der Waals surface area contributed by atoms with Gasteiger partial charge in [-0.05, 0) is 60.7 Å². The zero-order chi connectivity index (χ0) is 31.5. The Hall–Kier alpha value is -4.43. The molecule has 0 fully saturated rings. The number of hydrogen-bond acceptors (Lipinski definition) is 4. The summed E-state index contributed by atoms with van der Waals surface area (Å²) in [6, 6.07) is 31.7. The number of anilines is 1. The highest BCUT2D eigenvalue weighted by Crippen LogP contribution is 2.28. The number of nitrogens with one attached hydrogen (secondary N) is 1. The number of carbonyl (C=O) groups is 2. The van der Waals surface area contributed by atoms with Crippen molar-refractivity contribution in [1.29, 1.82) is 0 Å². The highest BCUT2D eigenvalue weighted by molar-refractivity contribution is 7.92. The number of sulfonamides is 1. The van der Waals surface area contributed by atoms with Crippen LogP contribution in [0.15, 0.2) is 114 Å². The first-order valence-electron chi connectivity index (χ1n) is 15.0. The molecule has 0 aliphatic rings. The van der Waals surface area contributed by atoms with Crippen molar-refractivity contribution in [2.24, 2.45) is 0 Å². The number of benzene rings is 4. The molecule has 0 unspecified atom stereocenters. The zero-order valence-corrected chi connectivity index (χ0v) is 26.5. The van der Waals surface area contributed by atoms with Crippen LogP contribution in [0.1, 0.15) is 42.0 Å². The predicted octanol–water partition coefficient (Wildman–Crippen LogP) is 6.06. The van der Waals surface area contributed by atoms with Gasteiger partial charge in [-0.3, -0.25) is 13.9 Å². The predicted molar refractivity (Wildman–Crippen MR) is 176 cm³/mol. The molecule has 0 heterocycles. The molecule has 8 heteroatoms. The van der Waals surface area contributed by atoms with Gasteiger partial charge in [-0.25, -0.2) is 8.42 Å². The molecule has 0 saturated carbocycles. The monoisotopic (exact) mass is 611 g/mol. The average molecular weight is 612 g/mol. The third kappa shape index (κ3) is 8.14. The van der Waals surface area contributed by atoms with E-state index in [1.165, 1.54) is 16.4 Å². The molecule has 44 heavy (non-hydrogen) atoms. The molecular formula is C36H41N3O4S. The topological polar surface area (TPSA) is 86.8 Å². The zero-order valence-electron chi connectivity index (χ0n) is 25.6. The van der Waals surface area contributed by atoms with Crippen LogP contribution in [0, 0.1) is 13.8 Å². The van der Waals surface area contributed by atoms with E-state index in [2.05, 4.69) is 12.2 Å². The Kier molecular flexibility index (Phi) is 11.3. The second-order valence-electron chi connectivity index (χ2n) is 10.9. The lowest BCUT2D eigenvalue weighted by Gasteiger charge is -2.34. The fraction of sp³-hybridized carbons (Fsp3) is 0.278.